The van der Waals surface area contributed by atoms with Crippen LogP contribution >= 0.6 is 0 Å². The molecule has 1 heteroatoms. The summed E-state index contributed by atoms with van der Waals surface area (Å²) in [4.78, 5) is 2.77. The third kappa shape index (κ3) is 1.86. The number of nitrogens with zero attached hydrogens (tertiary/aromatic N) is 1. The van der Waals surface area contributed by atoms with Gasteiger partial charge < -0.3 is 4.90 Å². The van der Waals surface area contributed by atoms with Gasteiger partial charge in [0.05, 0.1) is 6.04 Å². The molecule has 1 aromatic carbocycles. The maximum Gasteiger partial charge on any atom is 0.0575 e. The minimum absolute atomic E-state index is 0.553. The molecule has 5 atom stereocenters. The minimum atomic E-state index is 0.553. The Morgan fingerprint density at radius 2 is 1.96 bits per heavy atom. The predicted molar refractivity (Wildman–Crippen MR) is 97.3 cm³/mol. The monoisotopic (exact) mass is 303 g/mol. The van der Waals surface area contributed by atoms with Crippen LogP contribution in [0.25, 0.3) is 6.08 Å². The first-order valence-corrected chi connectivity index (χ1v) is 9.10. The third-order valence-corrected chi connectivity index (χ3v) is 6.39. The van der Waals surface area contributed by atoms with E-state index >= 15 is 0 Å². The summed E-state index contributed by atoms with van der Waals surface area (Å²) in [5, 5.41) is 0. The highest BCUT2D eigenvalue weighted by Crippen LogP contribution is 2.58. The quantitative estimate of drug-likeness (QED) is 0.700. The van der Waals surface area contributed by atoms with E-state index in [1.165, 1.54) is 23.2 Å². The van der Waals surface area contributed by atoms with Gasteiger partial charge in [0.15, 0.2) is 0 Å². The summed E-state index contributed by atoms with van der Waals surface area (Å²) in [5.41, 5.74) is 5.93. The Kier molecular flexibility index (Phi) is 2.75. The van der Waals surface area contributed by atoms with Crippen molar-refractivity contribution in [2.24, 2.45) is 23.7 Å². The van der Waals surface area contributed by atoms with Crippen molar-refractivity contribution >= 4 is 11.8 Å². The lowest BCUT2D eigenvalue weighted by Crippen LogP contribution is -2.52. The molecule has 2 heterocycles. The third-order valence-electron chi connectivity index (χ3n) is 6.39. The Balaban J connectivity index is 1.64. The summed E-state index contributed by atoms with van der Waals surface area (Å²) in [6.45, 7) is 6.97. The number of fused-ring (bicyclic) bond motifs is 8. The zero-order chi connectivity index (χ0) is 15.7. The van der Waals surface area contributed by atoms with Crippen LogP contribution in [-0.4, -0.2) is 12.1 Å². The number of allylic oxidation sites excluding steroid dienone is 3. The predicted octanol–water partition coefficient (Wildman–Crippen LogP) is 5.07. The normalized spacial score (nSPS) is 36.5. The van der Waals surface area contributed by atoms with Gasteiger partial charge in [0.1, 0.15) is 0 Å². The zero-order valence-electron chi connectivity index (χ0n) is 14.2. The zero-order valence-corrected chi connectivity index (χ0v) is 14.2. The minimum Gasteiger partial charge on any atom is -0.360 e. The highest BCUT2D eigenvalue weighted by Gasteiger charge is 2.57. The summed E-state index contributed by atoms with van der Waals surface area (Å²) in [6.07, 6.45) is 11.3. The standard InChI is InChI=1S/C22H25N/c1-13(2)15-8-9-17-18-12-21(18)23-20-7-5-4-6-16(20)10-14(3)22(23)19(17)11-15/h4-11,13,17-19,21-22H,12H2,1-3H3. The van der Waals surface area contributed by atoms with Crippen LogP contribution in [0.2, 0.25) is 0 Å². The van der Waals surface area contributed by atoms with Crippen molar-refractivity contribution in [2.45, 2.75) is 39.3 Å². The van der Waals surface area contributed by atoms with Gasteiger partial charge in [-0.15, -0.1) is 0 Å². The Hall–Kier alpha value is -1.76. The van der Waals surface area contributed by atoms with Gasteiger partial charge in [0.25, 0.3) is 0 Å². The number of piperidine rings is 1. The molecule has 2 aliphatic carbocycles. The van der Waals surface area contributed by atoms with Crippen molar-refractivity contribution in [3.63, 3.8) is 0 Å². The average molecular weight is 303 g/mol. The van der Waals surface area contributed by atoms with E-state index < -0.39 is 0 Å². The maximum absolute atomic E-state index is 2.77. The van der Waals surface area contributed by atoms with E-state index in [0.29, 0.717) is 17.9 Å². The van der Waals surface area contributed by atoms with Crippen molar-refractivity contribution in [1.29, 1.82) is 0 Å². The molecule has 0 amide bonds. The SMILES string of the molecule is CC1=Cc2ccccc2N2C3CC3C3C=CC(C(C)C)=CC3C12. The van der Waals surface area contributed by atoms with Crippen LogP contribution in [0.15, 0.2) is 53.6 Å². The molecule has 23 heavy (non-hydrogen) atoms. The average Bonchev–Trinajstić information content (AvgIpc) is 3.34. The molecule has 118 valence electrons. The summed E-state index contributed by atoms with van der Waals surface area (Å²) in [7, 11) is 0. The van der Waals surface area contributed by atoms with E-state index in [9.17, 15) is 0 Å². The number of hydrogen-bond acceptors (Lipinski definition) is 1. The molecule has 5 rings (SSSR count). The lowest BCUT2D eigenvalue weighted by molar-refractivity contribution is 0.314. The maximum atomic E-state index is 2.77. The van der Waals surface area contributed by atoms with Crippen molar-refractivity contribution < 1.29 is 0 Å². The van der Waals surface area contributed by atoms with Gasteiger partial charge in [-0.05, 0) is 53.9 Å². The summed E-state index contributed by atoms with van der Waals surface area (Å²) in [6, 6.07) is 10.3. The molecule has 1 nitrogen and oxygen atoms in total. The van der Waals surface area contributed by atoms with Crippen LogP contribution in [0.1, 0.15) is 32.8 Å². The van der Waals surface area contributed by atoms with Crippen LogP contribution in [0.4, 0.5) is 5.69 Å². The van der Waals surface area contributed by atoms with Crippen LogP contribution in [-0.2, 0) is 0 Å². The summed E-state index contributed by atoms with van der Waals surface area (Å²) >= 11 is 0. The van der Waals surface area contributed by atoms with Crippen LogP contribution in [0.5, 0.6) is 0 Å². The molecule has 0 bridgehead atoms. The summed E-state index contributed by atoms with van der Waals surface area (Å²) < 4.78 is 0. The fraction of sp³-hybridized carbons (Fsp3) is 0.455. The van der Waals surface area contributed by atoms with Gasteiger partial charge >= 0.3 is 0 Å². The summed E-state index contributed by atoms with van der Waals surface area (Å²) in [5.74, 6) is 2.87. The number of hydrogen-bond donors (Lipinski definition) is 0. The van der Waals surface area contributed by atoms with Gasteiger partial charge in [0, 0.05) is 17.6 Å². The molecule has 0 aromatic heterocycles. The molecule has 1 aromatic rings. The van der Waals surface area contributed by atoms with Gasteiger partial charge in [-0.2, -0.15) is 0 Å². The van der Waals surface area contributed by atoms with E-state index in [4.69, 9.17) is 0 Å². The lowest BCUT2D eigenvalue weighted by atomic mass is 9.71. The van der Waals surface area contributed by atoms with E-state index in [2.05, 4.69) is 74.2 Å². The fourth-order valence-corrected chi connectivity index (χ4v) is 5.21. The fourth-order valence-electron chi connectivity index (χ4n) is 5.21. The van der Waals surface area contributed by atoms with Crippen molar-refractivity contribution in [3.05, 3.63) is 59.2 Å². The topological polar surface area (TPSA) is 3.24 Å². The van der Waals surface area contributed by atoms with Crippen LogP contribution in [0, 0.1) is 23.7 Å². The van der Waals surface area contributed by atoms with Crippen LogP contribution < -0.4 is 4.90 Å². The molecule has 0 spiro atoms. The largest absolute Gasteiger partial charge is 0.360 e. The van der Waals surface area contributed by atoms with Gasteiger partial charge in [-0.3, -0.25) is 0 Å². The first-order valence-electron chi connectivity index (χ1n) is 9.10. The van der Waals surface area contributed by atoms with Crippen molar-refractivity contribution in [1.82, 2.24) is 0 Å². The number of anilines is 1. The molecule has 0 N–H and O–H groups in total. The van der Waals surface area contributed by atoms with Gasteiger partial charge in [-0.25, -0.2) is 0 Å². The van der Waals surface area contributed by atoms with E-state index in [-0.39, 0.29) is 0 Å². The second-order valence-electron chi connectivity index (χ2n) is 8.10. The first kappa shape index (κ1) is 13.7. The highest BCUT2D eigenvalue weighted by atomic mass is 15.3. The van der Waals surface area contributed by atoms with E-state index in [1.54, 1.807) is 5.57 Å². The van der Waals surface area contributed by atoms with Gasteiger partial charge in [0.2, 0.25) is 0 Å². The smallest absolute Gasteiger partial charge is 0.0575 e. The van der Waals surface area contributed by atoms with Crippen LogP contribution in [0.3, 0.4) is 0 Å². The number of para-hydroxylation sites is 1. The lowest BCUT2D eigenvalue weighted by Gasteiger charge is -2.49. The number of rotatable bonds is 1. The van der Waals surface area contributed by atoms with E-state index in [1.807, 2.05) is 0 Å². The van der Waals surface area contributed by atoms with E-state index in [0.717, 1.165) is 17.9 Å². The Morgan fingerprint density at radius 3 is 2.78 bits per heavy atom. The molecular formula is C22H25N. The molecule has 2 aliphatic heterocycles. The highest BCUT2D eigenvalue weighted by molar-refractivity contribution is 5.76. The molecule has 0 radical (unpaired) electrons. The Bertz CT molecular complexity index is 751. The van der Waals surface area contributed by atoms with Gasteiger partial charge in [-0.1, -0.05) is 56.4 Å². The molecule has 4 aliphatic rings. The molecule has 1 saturated carbocycles. The Morgan fingerprint density at radius 1 is 1.13 bits per heavy atom. The van der Waals surface area contributed by atoms with Crippen molar-refractivity contribution in [3.8, 4) is 0 Å². The molecule has 5 unspecified atom stereocenters. The number of benzene rings is 1. The second-order valence-corrected chi connectivity index (χ2v) is 8.10. The Labute approximate surface area is 139 Å². The molecule has 2 fully saturated rings. The second kappa shape index (κ2) is 4.63. The first-order chi connectivity index (χ1) is 11.1. The molecule has 1 saturated heterocycles. The molecular weight excluding hydrogens is 278 g/mol. The van der Waals surface area contributed by atoms with Crippen molar-refractivity contribution in [2.75, 3.05) is 4.90 Å².